The van der Waals surface area contributed by atoms with Gasteiger partial charge < -0.3 is 22.1 Å². The normalized spacial score (nSPS) is 17.8. The number of amides is 1. The van der Waals surface area contributed by atoms with Crippen LogP contribution in [-0.4, -0.2) is 48.3 Å². The van der Waals surface area contributed by atoms with Gasteiger partial charge in [0.05, 0.1) is 22.2 Å². The maximum Gasteiger partial charge on any atom is 0.224 e. The molecule has 0 bridgehead atoms. The number of benzene rings is 1. The van der Waals surface area contributed by atoms with Crippen molar-refractivity contribution < 1.29 is 9.59 Å². The second-order valence-electron chi connectivity index (χ2n) is 6.90. The van der Waals surface area contributed by atoms with Crippen LogP contribution in [0.15, 0.2) is 29.3 Å². The molecule has 0 saturated carbocycles. The largest absolute Gasteiger partial charge is 0.370 e. The Morgan fingerprint density at radius 3 is 2.89 bits per heavy atom. The van der Waals surface area contributed by atoms with Crippen LogP contribution in [0.3, 0.4) is 0 Å². The quantitative estimate of drug-likeness (QED) is 0.225. The van der Waals surface area contributed by atoms with Crippen molar-refractivity contribution in [1.82, 2.24) is 15.6 Å². The molecule has 2 atom stereocenters. The molecule has 0 aliphatic carbocycles. The zero-order valence-electron chi connectivity index (χ0n) is 15.7. The van der Waals surface area contributed by atoms with Crippen molar-refractivity contribution in [3.05, 3.63) is 29.3 Å². The number of fused-ring (bicyclic) bond motifs is 1. The lowest BCUT2D eigenvalue weighted by Crippen LogP contribution is -2.47. The summed E-state index contributed by atoms with van der Waals surface area (Å²) >= 11 is 1.35. The molecule has 0 spiro atoms. The van der Waals surface area contributed by atoms with Gasteiger partial charge in [-0.1, -0.05) is 12.1 Å². The van der Waals surface area contributed by atoms with Crippen molar-refractivity contribution in [3.63, 3.8) is 0 Å². The van der Waals surface area contributed by atoms with E-state index in [-0.39, 0.29) is 23.6 Å². The fourth-order valence-corrected chi connectivity index (χ4v) is 4.22. The summed E-state index contributed by atoms with van der Waals surface area (Å²) in [6, 6.07) is 6.98. The van der Waals surface area contributed by atoms with Gasteiger partial charge in [0.25, 0.3) is 0 Å². The van der Waals surface area contributed by atoms with Gasteiger partial charge in [0.1, 0.15) is 0 Å². The lowest BCUT2D eigenvalue weighted by atomic mass is 9.97. The Morgan fingerprint density at radius 2 is 2.18 bits per heavy atom. The number of hydrogen-bond donors (Lipinski definition) is 4. The molecule has 8 nitrogen and oxygen atoms in total. The van der Waals surface area contributed by atoms with Gasteiger partial charge >= 0.3 is 0 Å². The zero-order valence-corrected chi connectivity index (χ0v) is 16.5. The first-order chi connectivity index (χ1) is 13.5. The number of para-hydroxylation sites is 1. The summed E-state index contributed by atoms with van der Waals surface area (Å²) in [6.07, 6.45) is 2.83. The minimum absolute atomic E-state index is 0.0198. The molecule has 1 aromatic heterocycles. The number of Topliss-reactive ketones (excluding diaryl/α,β-unsaturated/α-hetero) is 1. The Bertz CT molecular complexity index is 822. The number of guanidine groups is 1. The molecular formula is C19H26N6O2S. The lowest BCUT2D eigenvalue weighted by Gasteiger charge is -2.24. The first kappa shape index (κ1) is 20.2. The van der Waals surface area contributed by atoms with Crippen LogP contribution in [0.1, 0.15) is 35.5 Å². The number of rotatable bonds is 8. The highest BCUT2D eigenvalue weighted by Gasteiger charge is 2.28. The Morgan fingerprint density at radius 1 is 1.36 bits per heavy atom. The SMILES string of the molecule is NC(N)=NCCC[C@@H](NC(=O)C1CCCNC1)C(=O)c1nc2ccccc2s1. The highest BCUT2D eigenvalue weighted by molar-refractivity contribution is 7.20. The number of nitrogens with two attached hydrogens (primary N) is 2. The van der Waals surface area contributed by atoms with Gasteiger partial charge in [0.2, 0.25) is 11.7 Å². The van der Waals surface area contributed by atoms with Crippen LogP contribution in [0.25, 0.3) is 10.2 Å². The Labute approximate surface area is 167 Å². The van der Waals surface area contributed by atoms with E-state index in [9.17, 15) is 9.59 Å². The molecule has 28 heavy (non-hydrogen) atoms. The van der Waals surface area contributed by atoms with E-state index >= 15 is 0 Å². The number of hydrogen-bond acceptors (Lipinski definition) is 6. The average molecular weight is 403 g/mol. The molecule has 6 N–H and O–H groups in total. The third-order valence-corrected chi connectivity index (χ3v) is 5.80. The lowest BCUT2D eigenvalue weighted by molar-refractivity contribution is -0.126. The molecule has 0 radical (unpaired) electrons. The van der Waals surface area contributed by atoms with Crippen molar-refractivity contribution in [3.8, 4) is 0 Å². The monoisotopic (exact) mass is 402 g/mol. The van der Waals surface area contributed by atoms with E-state index in [1.165, 1.54) is 11.3 Å². The Balaban J connectivity index is 1.72. The summed E-state index contributed by atoms with van der Waals surface area (Å²) in [5, 5.41) is 6.59. The Kier molecular flexibility index (Phi) is 6.94. The number of aliphatic imine (C=N–C) groups is 1. The topological polar surface area (TPSA) is 135 Å². The Hall–Kier alpha value is -2.52. The molecule has 1 fully saturated rings. The minimum atomic E-state index is -0.635. The molecule has 2 heterocycles. The number of nitrogens with zero attached hydrogens (tertiary/aromatic N) is 2. The molecule has 2 aromatic rings. The number of piperidine rings is 1. The minimum Gasteiger partial charge on any atom is -0.370 e. The summed E-state index contributed by atoms with van der Waals surface area (Å²) in [5.74, 6) is -0.347. The summed E-state index contributed by atoms with van der Waals surface area (Å²) in [5.41, 5.74) is 11.5. The van der Waals surface area contributed by atoms with E-state index in [0.29, 0.717) is 30.9 Å². The number of aromatic nitrogens is 1. The second-order valence-corrected chi connectivity index (χ2v) is 7.93. The maximum absolute atomic E-state index is 13.1. The third kappa shape index (κ3) is 5.26. The van der Waals surface area contributed by atoms with Crippen LogP contribution in [-0.2, 0) is 4.79 Å². The van der Waals surface area contributed by atoms with E-state index in [4.69, 9.17) is 11.5 Å². The smallest absolute Gasteiger partial charge is 0.224 e. The van der Waals surface area contributed by atoms with E-state index in [1.54, 1.807) is 0 Å². The van der Waals surface area contributed by atoms with E-state index in [2.05, 4.69) is 20.6 Å². The van der Waals surface area contributed by atoms with E-state index in [0.717, 1.165) is 29.6 Å². The molecule has 1 unspecified atom stereocenters. The van der Waals surface area contributed by atoms with Gasteiger partial charge in [-0.05, 0) is 44.4 Å². The van der Waals surface area contributed by atoms with Crippen LogP contribution >= 0.6 is 11.3 Å². The first-order valence-electron chi connectivity index (χ1n) is 9.51. The molecule has 1 amide bonds. The molecule has 1 saturated heterocycles. The number of thiazole rings is 1. The van der Waals surface area contributed by atoms with Gasteiger partial charge in [-0.15, -0.1) is 11.3 Å². The second kappa shape index (κ2) is 9.61. The summed E-state index contributed by atoms with van der Waals surface area (Å²) in [7, 11) is 0. The van der Waals surface area contributed by atoms with Crippen LogP contribution in [0.4, 0.5) is 0 Å². The van der Waals surface area contributed by atoms with Crippen molar-refractivity contribution in [2.45, 2.75) is 31.7 Å². The van der Waals surface area contributed by atoms with Crippen molar-refractivity contribution >= 4 is 39.2 Å². The maximum atomic E-state index is 13.1. The molecule has 1 aliphatic heterocycles. The average Bonchev–Trinajstić information content (AvgIpc) is 3.14. The number of nitrogens with one attached hydrogen (secondary N) is 2. The fraction of sp³-hybridized carbons (Fsp3) is 0.474. The molecule has 3 rings (SSSR count). The predicted octanol–water partition coefficient (Wildman–Crippen LogP) is 1.02. The van der Waals surface area contributed by atoms with Crippen LogP contribution in [0.2, 0.25) is 0 Å². The zero-order chi connectivity index (χ0) is 19.9. The van der Waals surface area contributed by atoms with Crippen molar-refractivity contribution in [2.75, 3.05) is 19.6 Å². The summed E-state index contributed by atoms with van der Waals surface area (Å²) in [6.45, 7) is 1.98. The van der Waals surface area contributed by atoms with Gasteiger partial charge in [-0.3, -0.25) is 14.6 Å². The van der Waals surface area contributed by atoms with E-state index < -0.39 is 6.04 Å². The standard InChI is InChI=1S/C19H26N6O2S/c20-19(21)23-10-4-7-14(24-17(27)12-5-3-9-22-11-12)16(26)18-25-13-6-1-2-8-15(13)28-18/h1-2,6,8,12,14,22H,3-5,7,9-11H2,(H,24,27)(H4,20,21,23)/t12?,14-/m1/s1. The van der Waals surface area contributed by atoms with Gasteiger partial charge in [-0.25, -0.2) is 4.98 Å². The van der Waals surface area contributed by atoms with Crippen molar-refractivity contribution in [2.24, 2.45) is 22.4 Å². The first-order valence-corrected chi connectivity index (χ1v) is 10.3. The molecule has 1 aromatic carbocycles. The van der Waals surface area contributed by atoms with Crippen LogP contribution in [0, 0.1) is 5.92 Å². The number of ketones is 1. The van der Waals surface area contributed by atoms with Crippen LogP contribution in [0.5, 0.6) is 0 Å². The highest BCUT2D eigenvalue weighted by Crippen LogP contribution is 2.23. The molecule has 9 heteroatoms. The van der Waals surface area contributed by atoms with E-state index in [1.807, 2.05) is 24.3 Å². The molecule has 1 aliphatic rings. The van der Waals surface area contributed by atoms with Gasteiger partial charge in [-0.2, -0.15) is 0 Å². The fourth-order valence-electron chi connectivity index (χ4n) is 3.26. The third-order valence-electron chi connectivity index (χ3n) is 4.75. The number of carbonyl (C=O) groups is 2. The molecule has 150 valence electrons. The van der Waals surface area contributed by atoms with Crippen molar-refractivity contribution in [1.29, 1.82) is 0 Å². The summed E-state index contributed by atoms with van der Waals surface area (Å²) in [4.78, 5) is 34.2. The molecular weight excluding hydrogens is 376 g/mol. The van der Waals surface area contributed by atoms with Crippen LogP contribution < -0.4 is 22.1 Å². The van der Waals surface area contributed by atoms with Gasteiger partial charge in [0, 0.05) is 13.1 Å². The van der Waals surface area contributed by atoms with Gasteiger partial charge in [0.15, 0.2) is 11.0 Å². The predicted molar refractivity (Wildman–Crippen MR) is 111 cm³/mol. The highest BCUT2D eigenvalue weighted by atomic mass is 32.1. The summed E-state index contributed by atoms with van der Waals surface area (Å²) < 4.78 is 0.952. The number of carbonyl (C=O) groups excluding carboxylic acids is 2.